The molecule has 0 bridgehead atoms. The molecule has 0 saturated carbocycles. The van der Waals surface area contributed by atoms with E-state index in [1.807, 2.05) is 30.5 Å². The lowest BCUT2D eigenvalue weighted by molar-refractivity contribution is 0.0916. The molecule has 7 heteroatoms. The van der Waals surface area contributed by atoms with Crippen LogP contribution in [0.4, 0.5) is 6.01 Å². The van der Waals surface area contributed by atoms with E-state index in [1.54, 1.807) is 10.9 Å². The fourth-order valence-corrected chi connectivity index (χ4v) is 3.26. The molecule has 1 N–H and O–H groups in total. The summed E-state index contributed by atoms with van der Waals surface area (Å²) in [5.74, 6) is 0. The molecular formula is C18H23N5O2. The van der Waals surface area contributed by atoms with Crippen molar-refractivity contribution in [3.8, 4) is 0 Å². The first-order chi connectivity index (χ1) is 12.2. The number of fused-ring (bicyclic) bond motifs is 1. The Hall–Kier alpha value is -2.38. The maximum atomic E-state index is 10.2. The molecule has 3 aromatic rings. The second-order valence-corrected chi connectivity index (χ2v) is 6.64. The second-order valence-electron chi connectivity index (χ2n) is 6.64. The number of nitrogens with zero attached hydrogens (tertiary/aromatic N) is 5. The van der Waals surface area contributed by atoms with Gasteiger partial charge in [0.1, 0.15) is 5.52 Å². The molecule has 25 heavy (non-hydrogen) atoms. The zero-order chi connectivity index (χ0) is 17.2. The highest BCUT2D eigenvalue weighted by atomic mass is 16.4. The molecule has 2 aromatic heterocycles. The summed E-state index contributed by atoms with van der Waals surface area (Å²) in [6, 6.07) is 8.62. The van der Waals surface area contributed by atoms with Crippen molar-refractivity contribution >= 4 is 17.1 Å². The first-order valence-corrected chi connectivity index (χ1v) is 8.67. The van der Waals surface area contributed by atoms with Gasteiger partial charge < -0.3 is 14.4 Å². The summed E-state index contributed by atoms with van der Waals surface area (Å²) in [6.45, 7) is 6.70. The molecule has 1 aliphatic heterocycles. The van der Waals surface area contributed by atoms with Crippen LogP contribution in [0.25, 0.3) is 11.1 Å². The van der Waals surface area contributed by atoms with Crippen molar-refractivity contribution in [2.75, 3.05) is 37.6 Å². The molecule has 1 fully saturated rings. The Morgan fingerprint density at radius 3 is 2.80 bits per heavy atom. The van der Waals surface area contributed by atoms with E-state index in [2.05, 4.69) is 26.8 Å². The first kappa shape index (κ1) is 16.1. The number of aromatic nitrogens is 3. The van der Waals surface area contributed by atoms with Crippen molar-refractivity contribution < 1.29 is 9.52 Å². The Kier molecular flexibility index (Phi) is 4.42. The fourth-order valence-electron chi connectivity index (χ4n) is 3.26. The van der Waals surface area contributed by atoms with Crippen LogP contribution in [0, 0.1) is 6.92 Å². The average Bonchev–Trinajstić information content (AvgIpc) is 3.24. The van der Waals surface area contributed by atoms with E-state index in [-0.39, 0.29) is 0 Å². The van der Waals surface area contributed by atoms with Gasteiger partial charge in [0.05, 0.1) is 12.6 Å². The highest BCUT2D eigenvalue weighted by molar-refractivity contribution is 5.75. The van der Waals surface area contributed by atoms with Gasteiger partial charge in [-0.2, -0.15) is 10.1 Å². The minimum atomic E-state index is -0.418. The Balaban J connectivity index is 1.32. The molecule has 1 atom stereocenters. The van der Waals surface area contributed by atoms with Crippen molar-refractivity contribution in [3.63, 3.8) is 0 Å². The molecule has 1 saturated heterocycles. The van der Waals surface area contributed by atoms with E-state index in [0.29, 0.717) is 19.1 Å². The predicted octanol–water partition coefficient (Wildman–Crippen LogP) is 1.52. The number of oxazole rings is 1. The van der Waals surface area contributed by atoms with Crippen LogP contribution >= 0.6 is 0 Å². The van der Waals surface area contributed by atoms with Gasteiger partial charge in [-0.1, -0.05) is 6.07 Å². The minimum absolute atomic E-state index is 0.418. The topological polar surface area (TPSA) is 70.6 Å². The number of hydrogen-bond donors (Lipinski definition) is 1. The Morgan fingerprint density at radius 1 is 1.20 bits per heavy atom. The van der Waals surface area contributed by atoms with Gasteiger partial charge >= 0.3 is 0 Å². The summed E-state index contributed by atoms with van der Waals surface area (Å²) in [5, 5.41) is 14.4. The van der Waals surface area contributed by atoms with Crippen molar-refractivity contribution in [3.05, 3.63) is 42.2 Å². The SMILES string of the molecule is Cc1ccc2oc(N3CCN(C[C@@H](O)Cn4cccn4)CC3)nc2c1. The smallest absolute Gasteiger partial charge is 0.298 e. The first-order valence-electron chi connectivity index (χ1n) is 8.67. The molecular weight excluding hydrogens is 318 g/mol. The van der Waals surface area contributed by atoms with E-state index < -0.39 is 6.10 Å². The van der Waals surface area contributed by atoms with E-state index >= 15 is 0 Å². The van der Waals surface area contributed by atoms with Gasteiger partial charge in [0.15, 0.2) is 5.58 Å². The lowest BCUT2D eigenvalue weighted by Gasteiger charge is -2.34. The number of benzene rings is 1. The van der Waals surface area contributed by atoms with Crippen LogP contribution in [0.1, 0.15) is 5.56 Å². The fraction of sp³-hybridized carbons (Fsp3) is 0.444. The number of hydrogen-bond acceptors (Lipinski definition) is 6. The van der Waals surface area contributed by atoms with E-state index in [1.165, 1.54) is 5.56 Å². The largest absolute Gasteiger partial charge is 0.423 e. The Morgan fingerprint density at radius 2 is 2.04 bits per heavy atom. The molecule has 1 aromatic carbocycles. The van der Waals surface area contributed by atoms with Crippen molar-refractivity contribution in [2.45, 2.75) is 19.6 Å². The summed E-state index contributed by atoms with van der Waals surface area (Å²) < 4.78 is 7.65. The van der Waals surface area contributed by atoms with E-state index in [0.717, 1.165) is 37.3 Å². The number of piperazine rings is 1. The highest BCUT2D eigenvalue weighted by Crippen LogP contribution is 2.23. The van der Waals surface area contributed by atoms with Crippen LogP contribution < -0.4 is 4.90 Å². The molecule has 7 nitrogen and oxygen atoms in total. The van der Waals surface area contributed by atoms with E-state index in [4.69, 9.17) is 4.42 Å². The summed E-state index contributed by atoms with van der Waals surface area (Å²) in [5.41, 5.74) is 2.92. The molecule has 4 rings (SSSR count). The third kappa shape index (κ3) is 3.67. The highest BCUT2D eigenvalue weighted by Gasteiger charge is 2.22. The third-order valence-electron chi connectivity index (χ3n) is 4.60. The van der Waals surface area contributed by atoms with Crippen LogP contribution in [0.2, 0.25) is 0 Å². The third-order valence-corrected chi connectivity index (χ3v) is 4.60. The maximum absolute atomic E-state index is 10.2. The zero-order valence-electron chi connectivity index (χ0n) is 14.4. The number of aliphatic hydroxyl groups excluding tert-OH is 1. The molecule has 0 aliphatic carbocycles. The molecule has 3 heterocycles. The van der Waals surface area contributed by atoms with Crippen LogP contribution in [-0.4, -0.2) is 63.6 Å². The maximum Gasteiger partial charge on any atom is 0.298 e. The molecule has 1 aliphatic rings. The molecule has 0 unspecified atom stereocenters. The molecule has 0 spiro atoms. The van der Waals surface area contributed by atoms with Gasteiger partial charge in [0.25, 0.3) is 6.01 Å². The van der Waals surface area contributed by atoms with Gasteiger partial charge in [0.2, 0.25) is 0 Å². The quantitative estimate of drug-likeness (QED) is 0.759. The number of anilines is 1. The monoisotopic (exact) mass is 341 g/mol. The van der Waals surface area contributed by atoms with Crippen LogP contribution in [0.3, 0.4) is 0 Å². The van der Waals surface area contributed by atoms with Crippen LogP contribution in [0.5, 0.6) is 0 Å². The second kappa shape index (κ2) is 6.85. The van der Waals surface area contributed by atoms with Gasteiger partial charge in [-0.15, -0.1) is 0 Å². The lowest BCUT2D eigenvalue weighted by atomic mass is 10.2. The van der Waals surface area contributed by atoms with Crippen LogP contribution in [-0.2, 0) is 6.54 Å². The van der Waals surface area contributed by atoms with Gasteiger partial charge in [0, 0.05) is 45.1 Å². The average molecular weight is 341 g/mol. The van der Waals surface area contributed by atoms with Gasteiger partial charge in [-0.25, -0.2) is 0 Å². The summed E-state index contributed by atoms with van der Waals surface area (Å²) in [4.78, 5) is 9.06. The van der Waals surface area contributed by atoms with Gasteiger partial charge in [-0.05, 0) is 30.7 Å². The van der Waals surface area contributed by atoms with Crippen molar-refractivity contribution in [1.29, 1.82) is 0 Å². The summed E-state index contributed by atoms with van der Waals surface area (Å²) in [6.07, 6.45) is 3.18. The van der Waals surface area contributed by atoms with Crippen molar-refractivity contribution in [1.82, 2.24) is 19.7 Å². The lowest BCUT2D eigenvalue weighted by Crippen LogP contribution is -2.49. The number of aryl methyl sites for hydroxylation is 1. The molecule has 132 valence electrons. The number of β-amino-alcohol motifs (C(OH)–C–C–N with tert-alkyl or cyclic N) is 1. The summed E-state index contributed by atoms with van der Waals surface area (Å²) >= 11 is 0. The van der Waals surface area contributed by atoms with Crippen molar-refractivity contribution in [2.24, 2.45) is 0 Å². The molecule has 0 amide bonds. The normalized spacial score (nSPS) is 17.3. The minimum Gasteiger partial charge on any atom is -0.423 e. The van der Waals surface area contributed by atoms with Crippen LogP contribution in [0.15, 0.2) is 41.1 Å². The zero-order valence-corrected chi connectivity index (χ0v) is 14.4. The number of rotatable bonds is 5. The van der Waals surface area contributed by atoms with Gasteiger partial charge in [-0.3, -0.25) is 9.58 Å². The standard InChI is InChI=1S/C18H23N5O2/c1-14-3-4-17-16(11-14)20-18(25-17)22-9-7-21(8-10-22)12-15(24)13-23-6-2-5-19-23/h2-6,11,15,24H,7-10,12-13H2,1H3/t15-/m1/s1. The predicted molar refractivity (Wildman–Crippen MR) is 95.6 cm³/mol. The number of aliphatic hydroxyl groups is 1. The van der Waals surface area contributed by atoms with E-state index in [9.17, 15) is 5.11 Å². The molecule has 0 radical (unpaired) electrons. The summed E-state index contributed by atoms with van der Waals surface area (Å²) in [7, 11) is 0. The Labute approximate surface area is 146 Å². The Bertz CT molecular complexity index is 821.